The van der Waals surface area contributed by atoms with E-state index in [0.29, 0.717) is 0 Å². The summed E-state index contributed by atoms with van der Waals surface area (Å²) in [6.45, 7) is 7.27. The van der Waals surface area contributed by atoms with Gasteiger partial charge in [-0.3, -0.25) is 4.99 Å². The van der Waals surface area contributed by atoms with Crippen LogP contribution in [0.25, 0.3) is 0 Å². The van der Waals surface area contributed by atoms with Crippen LogP contribution in [0.5, 0.6) is 0 Å². The van der Waals surface area contributed by atoms with Crippen molar-refractivity contribution in [2.45, 2.75) is 19.9 Å². The molecule has 0 aliphatic rings. The fourth-order valence-corrected chi connectivity index (χ4v) is 0.618. The molecule has 0 bridgehead atoms. The fraction of sp³-hybridized carbons (Fsp3) is 0.500. The number of nitrogens with zero attached hydrogens (tertiary/aromatic N) is 1. The first-order valence-corrected chi connectivity index (χ1v) is 2.94. The summed E-state index contributed by atoms with van der Waals surface area (Å²) < 4.78 is 0. The molecule has 46 valence electrons. The van der Waals surface area contributed by atoms with Crippen molar-refractivity contribution < 1.29 is 0 Å². The first kappa shape index (κ1) is 7.76. The molecule has 0 saturated heterocycles. The molecule has 1 atom stereocenters. The van der Waals surface area contributed by atoms with Crippen LogP contribution in [-0.2, 0) is 0 Å². The van der Waals surface area contributed by atoms with E-state index < -0.39 is 0 Å². The summed E-state index contributed by atoms with van der Waals surface area (Å²) in [5, 5.41) is 0. The highest BCUT2D eigenvalue weighted by Gasteiger charge is 1.87. The third-order valence-corrected chi connectivity index (χ3v) is 0.919. The molecule has 1 unspecified atom stereocenters. The van der Waals surface area contributed by atoms with E-state index in [4.69, 9.17) is 0 Å². The molecule has 0 radical (unpaired) electrons. The molecule has 0 aromatic heterocycles. The molecule has 0 N–H and O–H groups in total. The van der Waals surface area contributed by atoms with Gasteiger partial charge in [0.2, 0.25) is 0 Å². The molecule has 0 fully saturated rings. The highest BCUT2D eigenvalue weighted by atomic mass is 32.1. The van der Waals surface area contributed by atoms with E-state index in [9.17, 15) is 0 Å². The zero-order valence-electron chi connectivity index (χ0n) is 5.26. The molecule has 0 saturated carbocycles. The molecular weight excluding hydrogens is 118 g/mol. The monoisotopic (exact) mass is 129 g/mol. The van der Waals surface area contributed by atoms with Gasteiger partial charge in [-0.25, -0.2) is 0 Å². The van der Waals surface area contributed by atoms with Crippen molar-refractivity contribution in [1.82, 2.24) is 0 Å². The summed E-state index contributed by atoms with van der Waals surface area (Å²) in [6, 6.07) is 0.201. The second-order valence-electron chi connectivity index (χ2n) is 1.73. The summed E-state index contributed by atoms with van der Waals surface area (Å²) in [5.74, 6) is 0. The van der Waals surface area contributed by atoms with Crippen molar-refractivity contribution in [3.63, 3.8) is 0 Å². The topological polar surface area (TPSA) is 12.4 Å². The average Bonchev–Trinajstić information content (AvgIpc) is 1.65. The van der Waals surface area contributed by atoms with Crippen LogP contribution in [-0.4, -0.2) is 12.8 Å². The van der Waals surface area contributed by atoms with Crippen LogP contribution >= 0.6 is 12.6 Å². The van der Waals surface area contributed by atoms with Gasteiger partial charge >= 0.3 is 0 Å². The maximum absolute atomic E-state index is 4.06. The van der Waals surface area contributed by atoms with Gasteiger partial charge in [0.25, 0.3) is 0 Å². The van der Waals surface area contributed by atoms with E-state index in [2.05, 4.69) is 24.3 Å². The highest BCUT2D eigenvalue weighted by Crippen LogP contribution is 2.00. The largest absolute Gasteiger partial charge is 0.294 e. The number of allylic oxidation sites excluding steroid dienone is 1. The van der Waals surface area contributed by atoms with E-state index in [0.717, 1.165) is 4.91 Å². The first-order chi connectivity index (χ1) is 3.66. The van der Waals surface area contributed by atoms with Crippen LogP contribution < -0.4 is 0 Å². The smallest absolute Gasteiger partial charge is 0.0654 e. The number of hydrogen-bond acceptors (Lipinski definition) is 2. The van der Waals surface area contributed by atoms with Gasteiger partial charge in [0, 0.05) is 0 Å². The van der Waals surface area contributed by atoms with Crippen LogP contribution in [0, 0.1) is 0 Å². The Kier molecular flexibility index (Phi) is 3.61. The molecule has 0 rings (SSSR count). The normalized spacial score (nSPS) is 15.6. The average molecular weight is 129 g/mol. The minimum absolute atomic E-state index is 0.201. The molecule has 0 aliphatic heterocycles. The zero-order valence-corrected chi connectivity index (χ0v) is 6.15. The Morgan fingerprint density at radius 3 is 2.50 bits per heavy atom. The summed E-state index contributed by atoms with van der Waals surface area (Å²) in [7, 11) is 0. The number of aliphatic imine (C=N–C) groups is 1. The summed E-state index contributed by atoms with van der Waals surface area (Å²) in [5.41, 5.74) is 0. The minimum Gasteiger partial charge on any atom is -0.294 e. The first-order valence-electron chi connectivity index (χ1n) is 2.50. The maximum Gasteiger partial charge on any atom is 0.0654 e. The summed E-state index contributed by atoms with van der Waals surface area (Å²) in [6.07, 6.45) is 1.94. The van der Waals surface area contributed by atoms with Gasteiger partial charge in [-0.1, -0.05) is 6.08 Å². The highest BCUT2D eigenvalue weighted by molar-refractivity contribution is 7.84. The molecular formula is C6H11NS. The van der Waals surface area contributed by atoms with Crippen molar-refractivity contribution in [2.75, 3.05) is 0 Å². The van der Waals surface area contributed by atoms with Gasteiger partial charge in [-0.05, 0) is 25.5 Å². The Hall–Kier alpha value is -0.240. The van der Waals surface area contributed by atoms with E-state index in [1.165, 1.54) is 0 Å². The molecule has 1 nitrogen and oxygen atoms in total. The molecule has 0 heterocycles. The van der Waals surface area contributed by atoms with Gasteiger partial charge < -0.3 is 0 Å². The molecule has 0 aromatic carbocycles. The lowest BCUT2D eigenvalue weighted by atomic mass is 10.3. The van der Waals surface area contributed by atoms with Gasteiger partial charge in [0.15, 0.2) is 0 Å². The van der Waals surface area contributed by atoms with Crippen molar-refractivity contribution >= 4 is 19.3 Å². The van der Waals surface area contributed by atoms with Crippen molar-refractivity contribution in [2.24, 2.45) is 4.99 Å². The maximum atomic E-state index is 4.06. The van der Waals surface area contributed by atoms with Crippen LogP contribution in [0.4, 0.5) is 0 Å². The van der Waals surface area contributed by atoms with E-state index in [1.54, 1.807) is 0 Å². The Bertz CT molecular complexity index is 103. The van der Waals surface area contributed by atoms with Crippen LogP contribution in [0.1, 0.15) is 13.8 Å². The second-order valence-corrected chi connectivity index (χ2v) is 2.44. The quantitative estimate of drug-likeness (QED) is 0.432. The minimum atomic E-state index is 0.201. The molecule has 2 heteroatoms. The fourth-order valence-electron chi connectivity index (χ4n) is 0.402. The third kappa shape index (κ3) is 3.93. The second kappa shape index (κ2) is 3.72. The van der Waals surface area contributed by atoms with Crippen molar-refractivity contribution in [3.05, 3.63) is 11.0 Å². The molecule has 8 heavy (non-hydrogen) atoms. The molecule has 0 amide bonds. The lowest BCUT2D eigenvalue weighted by Crippen LogP contribution is -1.89. The number of thiol groups is 1. The summed E-state index contributed by atoms with van der Waals surface area (Å²) in [4.78, 5) is 4.74. The van der Waals surface area contributed by atoms with Crippen LogP contribution in [0.2, 0.25) is 0 Å². The Labute approximate surface area is 55.9 Å². The van der Waals surface area contributed by atoms with Gasteiger partial charge in [-0.15, -0.1) is 12.6 Å². The SMILES string of the molecule is C=NC(C)/C=C(\C)S. The molecule has 0 aromatic rings. The zero-order chi connectivity index (χ0) is 6.57. The van der Waals surface area contributed by atoms with Crippen molar-refractivity contribution in [3.8, 4) is 0 Å². The van der Waals surface area contributed by atoms with E-state index >= 15 is 0 Å². The number of hydrogen-bond donors (Lipinski definition) is 1. The van der Waals surface area contributed by atoms with Crippen LogP contribution in [0.3, 0.4) is 0 Å². The van der Waals surface area contributed by atoms with Crippen molar-refractivity contribution in [1.29, 1.82) is 0 Å². The Morgan fingerprint density at radius 1 is 1.88 bits per heavy atom. The summed E-state index contributed by atoms with van der Waals surface area (Å²) >= 11 is 4.06. The Balaban J connectivity index is 3.68. The lowest BCUT2D eigenvalue weighted by molar-refractivity contribution is 0.933. The Morgan fingerprint density at radius 2 is 2.38 bits per heavy atom. The molecule has 0 spiro atoms. The van der Waals surface area contributed by atoms with Gasteiger partial charge in [0.1, 0.15) is 0 Å². The van der Waals surface area contributed by atoms with Gasteiger partial charge in [-0.2, -0.15) is 0 Å². The third-order valence-electron chi connectivity index (χ3n) is 0.770. The predicted molar refractivity (Wildman–Crippen MR) is 41.8 cm³/mol. The van der Waals surface area contributed by atoms with E-state index in [1.807, 2.05) is 19.9 Å². The lowest BCUT2D eigenvalue weighted by Gasteiger charge is -1.94. The predicted octanol–water partition coefficient (Wildman–Crippen LogP) is 1.91. The standard InChI is InChI=1S/C6H11NS/c1-5(7-3)4-6(2)8/h4-5,8H,3H2,1-2H3/b6-4+. The van der Waals surface area contributed by atoms with E-state index in [-0.39, 0.29) is 6.04 Å². The van der Waals surface area contributed by atoms with Gasteiger partial charge in [0.05, 0.1) is 6.04 Å². The molecule has 0 aliphatic carbocycles. The number of rotatable bonds is 2. The van der Waals surface area contributed by atoms with Crippen LogP contribution in [0.15, 0.2) is 16.0 Å².